The summed E-state index contributed by atoms with van der Waals surface area (Å²) in [4.78, 5) is 16.1. The highest BCUT2D eigenvalue weighted by molar-refractivity contribution is 5.90. The van der Waals surface area contributed by atoms with E-state index >= 15 is 0 Å². The molecule has 3 aromatic rings. The van der Waals surface area contributed by atoms with Crippen molar-refractivity contribution >= 4 is 11.6 Å². The van der Waals surface area contributed by atoms with Crippen molar-refractivity contribution in [3.63, 3.8) is 0 Å². The van der Waals surface area contributed by atoms with Gasteiger partial charge in [-0.2, -0.15) is 5.26 Å². The van der Waals surface area contributed by atoms with Gasteiger partial charge in [-0.1, -0.05) is 24.3 Å². The number of carbonyl (C=O) groups is 1. The Balaban J connectivity index is 1.50. The number of anilines is 1. The topological polar surface area (TPSA) is 65.8 Å². The van der Waals surface area contributed by atoms with Crippen molar-refractivity contribution in [1.29, 1.82) is 5.26 Å². The summed E-state index contributed by atoms with van der Waals surface area (Å²) in [5, 5.41) is 11.7. The van der Waals surface area contributed by atoms with Gasteiger partial charge in [0.25, 0.3) is 0 Å². The zero-order chi connectivity index (χ0) is 18.2. The third kappa shape index (κ3) is 5.02. The third-order valence-electron chi connectivity index (χ3n) is 4.12. The second kappa shape index (κ2) is 8.59. The normalized spacial score (nSPS) is 10.1. The summed E-state index contributed by atoms with van der Waals surface area (Å²) < 4.78 is 0. The minimum absolute atomic E-state index is 0.0174. The van der Waals surface area contributed by atoms with Gasteiger partial charge in [0, 0.05) is 24.5 Å². The molecule has 1 heterocycles. The fraction of sp³-hybridized carbons (Fsp3) is 0.136. The molecule has 2 aromatic carbocycles. The first-order valence-corrected chi connectivity index (χ1v) is 8.50. The lowest BCUT2D eigenvalue weighted by molar-refractivity contribution is -0.116. The van der Waals surface area contributed by atoms with Crippen molar-refractivity contribution in [3.8, 4) is 6.07 Å². The van der Waals surface area contributed by atoms with Crippen LogP contribution in [0.1, 0.15) is 28.7 Å². The van der Waals surface area contributed by atoms with Gasteiger partial charge in [-0.15, -0.1) is 0 Å². The highest BCUT2D eigenvalue weighted by Gasteiger charge is 2.04. The van der Waals surface area contributed by atoms with E-state index in [1.807, 2.05) is 48.5 Å². The highest BCUT2D eigenvalue weighted by atomic mass is 16.1. The predicted molar refractivity (Wildman–Crippen MR) is 102 cm³/mol. The molecule has 0 saturated heterocycles. The van der Waals surface area contributed by atoms with Crippen LogP contribution in [0.4, 0.5) is 5.69 Å². The van der Waals surface area contributed by atoms with Crippen molar-refractivity contribution in [2.45, 2.75) is 19.3 Å². The summed E-state index contributed by atoms with van der Waals surface area (Å²) in [6.07, 6.45) is 5.48. The van der Waals surface area contributed by atoms with Gasteiger partial charge in [0.15, 0.2) is 0 Å². The summed E-state index contributed by atoms with van der Waals surface area (Å²) in [5.41, 5.74) is 4.87. The standard InChI is InChI=1S/C22H19N3O/c23-16-20-3-1-17(2-4-20)7-10-22(26)25-21-8-5-18(6-9-21)15-19-11-13-24-14-12-19/h1-6,8-9,11-14H,7,10,15H2,(H,25,26). The van der Waals surface area contributed by atoms with Gasteiger partial charge >= 0.3 is 0 Å². The molecule has 0 aliphatic rings. The molecule has 0 unspecified atom stereocenters. The van der Waals surface area contributed by atoms with Gasteiger partial charge in [0.2, 0.25) is 5.91 Å². The Morgan fingerprint density at radius 2 is 1.50 bits per heavy atom. The monoisotopic (exact) mass is 341 g/mol. The van der Waals surface area contributed by atoms with Crippen LogP contribution in [0, 0.1) is 11.3 Å². The molecule has 0 bridgehead atoms. The maximum atomic E-state index is 12.1. The number of aromatic nitrogens is 1. The van der Waals surface area contributed by atoms with Gasteiger partial charge in [0.05, 0.1) is 11.6 Å². The van der Waals surface area contributed by atoms with Crippen LogP contribution in [0.25, 0.3) is 0 Å². The molecule has 26 heavy (non-hydrogen) atoms. The first-order chi connectivity index (χ1) is 12.7. The van der Waals surface area contributed by atoms with E-state index in [1.165, 1.54) is 11.1 Å². The molecule has 0 spiro atoms. The molecular formula is C22H19N3O. The maximum absolute atomic E-state index is 12.1. The second-order valence-corrected chi connectivity index (χ2v) is 6.09. The quantitative estimate of drug-likeness (QED) is 0.733. The highest BCUT2D eigenvalue weighted by Crippen LogP contribution is 2.14. The van der Waals surface area contributed by atoms with E-state index in [2.05, 4.69) is 16.4 Å². The van der Waals surface area contributed by atoms with Crippen molar-refractivity contribution in [1.82, 2.24) is 4.98 Å². The van der Waals surface area contributed by atoms with Crippen LogP contribution in [0.5, 0.6) is 0 Å². The first kappa shape index (κ1) is 17.4. The minimum atomic E-state index is -0.0174. The molecule has 1 N–H and O–H groups in total. The predicted octanol–water partition coefficient (Wildman–Crippen LogP) is 4.12. The Morgan fingerprint density at radius 1 is 0.885 bits per heavy atom. The molecule has 0 aliphatic heterocycles. The molecule has 0 atom stereocenters. The summed E-state index contributed by atoms with van der Waals surface area (Å²) >= 11 is 0. The van der Waals surface area contributed by atoms with E-state index in [9.17, 15) is 4.79 Å². The summed E-state index contributed by atoms with van der Waals surface area (Å²) in [7, 11) is 0. The van der Waals surface area contributed by atoms with Crippen molar-refractivity contribution in [3.05, 3.63) is 95.3 Å². The van der Waals surface area contributed by atoms with E-state index in [4.69, 9.17) is 5.26 Å². The lowest BCUT2D eigenvalue weighted by atomic mass is 10.1. The number of benzene rings is 2. The lowest BCUT2D eigenvalue weighted by Gasteiger charge is -2.07. The zero-order valence-electron chi connectivity index (χ0n) is 14.4. The largest absolute Gasteiger partial charge is 0.326 e. The second-order valence-electron chi connectivity index (χ2n) is 6.09. The van der Waals surface area contributed by atoms with Crippen LogP contribution in [0.2, 0.25) is 0 Å². The number of aryl methyl sites for hydroxylation is 1. The fourth-order valence-electron chi connectivity index (χ4n) is 2.67. The summed E-state index contributed by atoms with van der Waals surface area (Å²) in [6, 6.07) is 21.3. The van der Waals surface area contributed by atoms with Gasteiger partial charge in [0.1, 0.15) is 0 Å². The Labute approximate surface area is 153 Å². The molecular weight excluding hydrogens is 322 g/mol. The molecule has 1 aromatic heterocycles. The van der Waals surface area contributed by atoms with E-state index in [0.717, 1.165) is 17.7 Å². The first-order valence-electron chi connectivity index (χ1n) is 8.50. The summed E-state index contributed by atoms with van der Waals surface area (Å²) in [6.45, 7) is 0. The molecule has 0 fully saturated rings. The van der Waals surface area contributed by atoms with Gasteiger partial charge in [-0.3, -0.25) is 9.78 Å². The number of carbonyl (C=O) groups excluding carboxylic acids is 1. The van der Waals surface area contributed by atoms with Gasteiger partial charge in [-0.25, -0.2) is 0 Å². The van der Waals surface area contributed by atoms with E-state index in [0.29, 0.717) is 18.4 Å². The number of pyridine rings is 1. The molecule has 0 saturated carbocycles. The lowest BCUT2D eigenvalue weighted by Crippen LogP contribution is -2.12. The Kier molecular flexibility index (Phi) is 5.74. The number of nitrogens with one attached hydrogen (secondary N) is 1. The molecule has 4 nitrogen and oxygen atoms in total. The molecule has 1 amide bonds. The third-order valence-corrected chi connectivity index (χ3v) is 4.12. The smallest absolute Gasteiger partial charge is 0.224 e. The molecule has 128 valence electrons. The average Bonchev–Trinajstić information content (AvgIpc) is 2.69. The van der Waals surface area contributed by atoms with E-state index in [-0.39, 0.29) is 5.91 Å². The van der Waals surface area contributed by atoms with Gasteiger partial charge in [-0.05, 0) is 65.9 Å². The number of nitrogens with zero attached hydrogens (tertiary/aromatic N) is 2. The number of nitriles is 1. The number of hydrogen-bond donors (Lipinski definition) is 1. The van der Waals surface area contributed by atoms with Gasteiger partial charge < -0.3 is 5.32 Å². The van der Waals surface area contributed by atoms with Crippen LogP contribution in [0.15, 0.2) is 73.1 Å². The maximum Gasteiger partial charge on any atom is 0.224 e. The zero-order valence-corrected chi connectivity index (χ0v) is 14.4. The van der Waals surface area contributed by atoms with E-state index < -0.39 is 0 Å². The number of rotatable bonds is 6. The van der Waals surface area contributed by atoms with Crippen LogP contribution >= 0.6 is 0 Å². The minimum Gasteiger partial charge on any atom is -0.326 e. The van der Waals surface area contributed by atoms with Crippen LogP contribution in [0.3, 0.4) is 0 Å². The number of hydrogen-bond acceptors (Lipinski definition) is 3. The SMILES string of the molecule is N#Cc1ccc(CCC(=O)Nc2ccc(Cc3ccncc3)cc2)cc1. The molecule has 0 aliphatic carbocycles. The summed E-state index contributed by atoms with van der Waals surface area (Å²) in [5.74, 6) is -0.0174. The Bertz CT molecular complexity index is 895. The average molecular weight is 341 g/mol. The van der Waals surface area contributed by atoms with Crippen molar-refractivity contribution < 1.29 is 4.79 Å². The Morgan fingerprint density at radius 3 is 2.15 bits per heavy atom. The van der Waals surface area contributed by atoms with E-state index in [1.54, 1.807) is 24.5 Å². The Hall–Kier alpha value is -3.45. The van der Waals surface area contributed by atoms with Crippen LogP contribution in [-0.4, -0.2) is 10.9 Å². The van der Waals surface area contributed by atoms with Crippen molar-refractivity contribution in [2.24, 2.45) is 0 Å². The molecule has 0 radical (unpaired) electrons. The fourth-order valence-corrected chi connectivity index (χ4v) is 2.67. The van der Waals surface area contributed by atoms with Crippen molar-refractivity contribution in [2.75, 3.05) is 5.32 Å². The molecule has 4 heteroatoms. The van der Waals surface area contributed by atoms with Crippen LogP contribution < -0.4 is 5.32 Å². The van der Waals surface area contributed by atoms with Crippen LogP contribution in [-0.2, 0) is 17.6 Å². The number of amides is 1. The molecule has 3 rings (SSSR count).